The van der Waals surface area contributed by atoms with Crippen molar-refractivity contribution in [1.82, 2.24) is 0 Å². The van der Waals surface area contributed by atoms with Crippen LogP contribution in [-0.4, -0.2) is 18.9 Å². The van der Waals surface area contributed by atoms with E-state index in [1.54, 1.807) is 6.92 Å². The second-order valence-corrected chi connectivity index (χ2v) is 8.83. The fourth-order valence-corrected chi connectivity index (χ4v) is 5.56. The lowest BCUT2D eigenvalue weighted by Gasteiger charge is -2.21. The Kier molecular flexibility index (Phi) is 6.20. The van der Waals surface area contributed by atoms with Crippen molar-refractivity contribution in [2.45, 2.75) is 68.2 Å². The van der Waals surface area contributed by atoms with Crippen molar-refractivity contribution in [3.63, 3.8) is 0 Å². The summed E-state index contributed by atoms with van der Waals surface area (Å²) in [4.78, 5) is 10.7. The van der Waals surface area contributed by atoms with E-state index in [1.807, 2.05) is 0 Å². The SMILES string of the molecule is CCc1cc(S(=O)(=O)C2CCCCCC2)c(C(F)(F)F)cc1C(=O)Cl. The number of hydrogen-bond donors (Lipinski definition) is 0. The maximum Gasteiger partial charge on any atom is 0.417 e. The summed E-state index contributed by atoms with van der Waals surface area (Å²) >= 11 is 5.39. The van der Waals surface area contributed by atoms with E-state index in [-0.39, 0.29) is 17.5 Å². The van der Waals surface area contributed by atoms with Crippen molar-refractivity contribution in [3.8, 4) is 0 Å². The summed E-state index contributed by atoms with van der Waals surface area (Å²) in [6, 6.07) is 1.57. The van der Waals surface area contributed by atoms with E-state index in [0.29, 0.717) is 31.7 Å². The van der Waals surface area contributed by atoms with Gasteiger partial charge in [0, 0.05) is 5.56 Å². The van der Waals surface area contributed by atoms with Gasteiger partial charge >= 0.3 is 6.18 Å². The molecule has 0 saturated heterocycles. The summed E-state index contributed by atoms with van der Waals surface area (Å²) in [7, 11) is -4.15. The zero-order valence-corrected chi connectivity index (χ0v) is 15.4. The molecule has 140 valence electrons. The number of sulfone groups is 1. The Balaban J connectivity index is 2.67. The van der Waals surface area contributed by atoms with E-state index in [9.17, 15) is 26.4 Å². The first-order chi connectivity index (χ1) is 11.6. The third kappa shape index (κ3) is 4.37. The Bertz CT molecular complexity index is 749. The van der Waals surface area contributed by atoms with Crippen LogP contribution in [-0.2, 0) is 22.4 Å². The van der Waals surface area contributed by atoms with Gasteiger partial charge in [0.25, 0.3) is 5.24 Å². The molecule has 1 saturated carbocycles. The first-order valence-corrected chi connectivity index (χ1v) is 10.2. The zero-order chi connectivity index (χ0) is 18.8. The van der Waals surface area contributed by atoms with Crippen LogP contribution in [0.1, 0.15) is 66.9 Å². The predicted octanol–water partition coefficient (Wildman–Crippen LogP) is 5.14. The van der Waals surface area contributed by atoms with Gasteiger partial charge in [0.1, 0.15) is 0 Å². The maximum atomic E-state index is 13.5. The normalized spacial score (nSPS) is 17.3. The number of benzene rings is 1. The largest absolute Gasteiger partial charge is 0.417 e. The van der Waals surface area contributed by atoms with Crippen LogP contribution in [0.15, 0.2) is 17.0 Å². The second-order valence-electron chi connectivity index (χ2n) is 6.29. The van der Waals surface area contributed by atoms with Gasteiger partial charge in [-0.15, -0.1) is 0 Å². The molecule has 0 atom stereocenters. The van der Waals surface area contributed by atoms with E-state index >= 15 is 0 Å². The van der Waals surface area contributed by atoms with Gasteiger partial charge in [0.2, 0.25) is 0 Å². The van der Waals surface area contributed by atoms with Gasteiger partial charge < -0.3 is 0 Å². The Labute approximate surface area is 150 Å². The fraction of sp³-hybridized carbons (Fsp3) is 0.588. The molecule has 0 heterocycles. The first-order valence-electron chi connectivity index (χ1n) is 8.27. The smallest absolute Gasteiger partial charge is 0.276 e. The fourth-order valence-electron chi connectivity index (χ4n) is 3.29. The summed E-state index contributed by atoms with van der Waals surface area (Å²) < 4.78 is 66.3. The average molecular weight is 397 g/mol. The minimum atomic E-state index is -4.89. The third-order valence-corrected chi connectivity index (χ3v) is 7.15. The predicted molar refractivity (Wildman–Crippen MR) is 89.7 cm³/mol. The van der Waals surface area contributed by atoms with Crippen molar-refractivity contribution in [2.24, 2.45) is 0 Å². The van der Waals surface area contributed by atoms with Crippen molar-refractivity contribution < 1.29 is 26.4 Å². The molecule has 1 fully saturated rings. The van der Waals surface area contributed by atoms with Crippen molar-refractivity contribution >= 4 is 26.7 Å². The summed E-state index contributed by atoms with van der Waals surface area (Å²) in [6.45, 7) is 1.63. The molecule has 8 heteroatoms. The van der Waals surface area contributed by atoms with E-state index in [2.05, 4.69) is 0 Å². The molecular formula is C17H20ClF3O3S. The monoisotopic (exact) mass is 396 g/mol. The Hall–Kier alpha value is -1.08. The topological polar surface area (TPSA) is 51.2 Å². The lowest BCUT2D eigenvalue weighted by molar-refractivity contribution is -0.139. The number of hydrogen-bond acceptors (Lipinski definition) is 3. The Morgan fingerprint density at radius 3 is 2.16 bits per heavy atom. The van der Waals surface area contributed by atoms with Gasteiger partial charge in [-0.1, -0.05) is 32.6 Å². The Morgan fingerprint density at radius 1 is 1.16 bits per heavy atom. The van der Waals surface area contributed by atoms with Crippen LogP contribution < -0.4 is 0 Å². The second kappa shape index (κ2) is 7.66. The number of carbonyl (C=O) groups is 1. The molecule has 0 N–H and O–H groups in total. The molecule has 1 aromatic carbocycles. The molecule has 25 heavy (non-hydrogen) atoms. The molecule has 0 aliphatic heterocycles. The highest BCUT2D eigenvalue weighted by atomic mass is 35.5. The molecule has 1 aliphatic rings. The maximum absolute atomic E-state index is 13.5. The average Bonchev–Trinajstić information content (AvgIpc) is 2.82. The first kappa shape index (κ1) is 20.2. The van der Waals surface area contributed by atoms with Crippen LogP contribution >= 0.6 is 11.6 Å². The van der Waals surface area contributed by atoms with E-state index < -0.39 is 37.0 Å². The van der Waals surface area contributed by atoms with Crippen LogP contribution in [0.5, 0.6) is 0 Å². The minimum absolute atomic E-state index is 0.207. The molecule has 1 aliphatic carbocycles. The molecule has 2 rings (SSSR count). The van der Waals surface area contributed by atoms with Crippen LogP contribution in [0.4, 0.5) is 13.2 Å². The van der Waals surface area contributed by atoms with Crippen LogP contribution in [0.3, 0.4) is 0 Å². The quantitative estimate of drug-likeness (QED) is 0.522. The summed E-state index contributed by atoms with van der Waals surface area (Å²) in [5.41, 5.74) is -1.39. The van der Waals surface area contributed by atoms with E-state index in [1.165, 1.54) is 0 Å². The highest BCUT2D eigenvalue weighted by molar-refractivity contribution is 7.92. The van der Waals surface area contributed by atoms with Gasteiger partial charge in [0.05, 0.1) is 15.7 Å². The number of alkyl halides is 3. The van der Waals surface area contributed by atoms with Crippen LogP contribution in [0, 0.1) is 0 Å². The van der Waals surface area contributed by atoms with Gasteiger partial charge in [-0.3, -0.25) is 4.79 Å². The molecule has 0 spiro atoms. The minimum Gasteiger partial charge on any atom is -0.276 e. The van der Waals surface area contributed by atoms with Gasteiger partial charge in [0.15, 0.2) is 9.84 Å². The summed E-state index contributed by atoms with van der Waals surface area (Å²) in [5.74, 6) is 0. The zero-order valence-electron chi connectivity index (χ0n) is 13.8. The van der Waals surface area contributed by atoms with Crippen molar-refractivity contribution in [1.29, 1.82) is 0 Å². The number of aryl methyl sites for hydroxylation is 1. The molecular weight excluding hydrogens is 377 g/mol. The van der Waals surface area contributed by atoms with Gasteiger partial charge in [-0.05, 0) is 48.6 Å². The molecule has 0 radical (unpaired) electrons. The van der Waals surface area contributed by atoms with E-state index in [0.717, 1.165) is 18.9 Å². The summed E-state index contributed by atoms with van der Waals surface area (Å²) in [6.07, 6.45) is -0.821. The van der Waals surface area contributed by atoms with Crippen LogP contribution in [0.25, 0.3) is 0 Å². The number of halogens is 4. The molecule has 0 bridgehead atoms. The molecule has 0 aromatic heterocycles. The molecule has 1 aromatic rings. The van der Waals surface area contributed by atoms with Crippen molar-refractivity contribution in [3.05, 3.63) is 28.8 Å². The summed E-state index contributed by atoms with van der Waals surface area (Å²) in [5, 5.41) is -1.85. The molecule has 0 unspecified atom stereocenters. The third-order valence-electron chi connectivity index (χ3n) is 4.65. The number of rotatable bonds is 4. The van der Waals surface area contributed by atoms with Gasteiger partial charge in [-0.2, -0.15) is 13.2 Å². The molecule has 3 nitrogen and oxygen atoms in total. The van der Waals surface area contributed by atoms with Gasteiger partial charge in [-0.25, -0.2) is 8.42 Å². The highest BCUT2D eigenvalue weighted by Crippen LogP contribution is 2.39. The standard InChI is InChI=1S/C17H20ClF3O3S/c1-2-11-9-15(14(17(19,20)21)10-13(11)16(18)22)25(23,24)12-7-5-3-4-6-8-12/h9-10,12H,2-8H2,1H3. The van der Waals surface area contributed by atoms with E-state index in [4.69, 9.17) is 11.6 Å². The lowest BCUT2D eigenvalue weighted by Crippen LogP contribution is -2.25. The Morgan fingerprint density at radius 2 is 1.72 bits per heavy atom. The number of carbonyl (C=O) groups excluding carboxylic acids is 1. The van der Waals surface area contributed by atoms with Crippen LogP contribution in [0.2, 0.25) is 0 Å². The molecule has 0 amide bonds. The highest BCUT2D eigenvalue weighted by Gasteiger charge is 2.41. The lowest BCUT2D eigenvalue weighted by atomic mass is 10.0. The van der Waals surface area contributed by atoms with Crippen molar-refractivity contribution in [2.75, 3.05) is 0 Å².